The molecular weight excluding hydrogens is 268 g/mol. The van der Waals surface area contributed by atoms with Crippen LogP contribution in [0.5, 0.6) is 5.75 Å². The summed E-state index contributed by atoms with van der Waals surface area (Å²) in [6.07, 6.45) is 2.79. The molecule has 2 aromatic rings. The van der Waals surface area contributed by atoms with Gasteiger partial charge in [-0.2, -0.15) is 0 Å². The number of anilines is 1. The van der Waals surface area contributed by atoms with Gasteiger partial charge < -0.3 is 15.4 Å². The van der Waals surface area contributed by atoms with Crippen molar-refractivity contribution in [1.29, 1.82) is 0 Å². The first-order chi connectivity index (χ1) is 10.2. The van der Waals surface area contributed by atoms with Crippen LogP contribution >= 0.6 is 0 Å². The average Bonchev–Trinajstić information content (AvgIpc) is 2.53. The molecule has 2 N–H and O–H groups in total. The van der Waals surface area contributed by atoms with E-state index >= 15 is 0 Å². The molecule has 0 fully saturated rings. The molecule has 1 atom stereocenters. The Kier molecular flexibility index (Phi) is 3.68. The summed E-state index contributed by atoms with van der Waals surface area (Å²) in [5, 5.41) is 6.00. The second-order valence-electron chi connectivity index (χ2n) is 4.85. The fourth-order valence-electron chi connectivity index (χ4n) is 2.06. The predicted octanol–water partition coefficient (Wildman–Crippen LogP) is 1.27. The highest BCUT2D eigenvalue weighted by molar-refractivity contribution is 5.83. The molecule has 6 heteroatoms. The number of amides is 1. The number of para-hydroxylation sites is 2. The number of ether oxygens (including phenoxy) is 1. The quantitative estimate of drug-likeness (QED) is 0.888. The first kappa shape index (κ1) is 13.4. The van der Waals surface area contributed by atoms with Crippen molar-refractivity contribution in [3.05, 3.63) is 48.0 Å². The van der Waals surface area contributed by atoms with Crippen molar-refractivity contribution in [2.45, 2.75) is 19.6 Å². The molecule has 1 aromatic carbocycles. The summed E-state index contributed by atoms with van der Waals surface area (Å²) in [6, 6.07) is 7.56. The summed E-state index contributed by atoms with van der Waals surface area (Å²) < 4.78 is 5.69. The summed E-state index contributed by atoms with van der Waals surface area (Å²) in [5.74, 6) is 0.526. The summed E-state index contributed by atoms with van der Waals surface area (Å²) in [7, 11) is 0. The molecule has 6 nitrogen and oxygen atoms in total. The van der Waals surface area contributed by atoms with E-state index in [9.17, 15) is 4.79 Å². The van der Waals surface area contributed by atoms with Gasteiger partial charge in [0.15, 0.2) is 6.10 Å². The third-order valence-electron chi connectivity index (χ3n) is 3.20. The molecule has 21 heavy (non-hydrogen) atoms. The molecule has 1 amide bonds. The Bertz CT molecular complexity index is 642. The Balaban J connectivity index is 1.58. The van der Waals surface area contributed by atoms with E-state index < -0.39 is 6.10 Å². The van der Waals surface area contributed by atoms with Crippen LogP contribution in [0.15, 0.2) is 36.7 Å². The third kappa shape index (κ3) is 3.10. The van der Waals surface area contributed by atoms with Gasteiger partial charge in [0.2, 0.25) is 0 Å². The van der Waals surface area contributed by atoms with E-state index in [1.54, 1.807) is 12.4 Å². The Hall–Kier alpha value is -2.63. The zero-order chi connectivity index (χ0) is 14.7. The van der Waals surface area contributed by atoms with E-state index in [1.165, 1.54) is 0 Å². The highest BCUT2D eigenvalue weighted by Crippen LogP contribution is 2.28. The van der Waals surface area contributed by atoms with Gasteiger partial charge in [0.05, 0.1) is 36.4 Å². The van der Waals surface area contributed by atoms with E-state index in [1.807, 2.05) is 31.2 Å². The molecule has 0 aliphatic carbocycles. The minimum absolute atomic E-state index is 0.167. The normalized spacial score (nSPS) is 16.3. The van der Waals surface area contributed by atoms with Gasteiger partial charge in [-0.3, -0.25) is 14.8 Å². The molecule has 0 spiro atoms. The Labute approximate surface area is 122 Å². The summed E-state index contributed by atoms with van der Waals surface area (Å²) >= 11 is 0. The van der Waals surface area contributed by atoms with Crippen molar-refractivity contribution < 1.29 is 9.53 Å². The maximum absolute atomic E-state index is 12.1. The molecule has 0 radical (unpaired) electrons. The van der Waals surface area contributed by atoms with Crippen molar-refractivity contribution in [2.75, 3.05) is 11.9 Å². The molecule has 1 aromatic heterocycles. The van der Waals surface area contributed by atoms with Crippen molar-refractivity contribution in [2.24, 2.45) is 0 Å². The molecular formula is C15H16N4O2. The Morgan fingerprint density at radius 2 is 2.24 bits per heavy atom. The lowest BCUT2D eigenvalue weighted by molar-refractivity contribution is -0.127. The molecule has 2 heterocycles. The molecule has 0 saturated carbocycles. The highest BCUT2D eigenvalue weighted by Gasteiger charge is 2.25. The summed E-state index contributed by atoms with van der Waals surface area (Å²) in [6.45, 7) is 2.66. The van der Waals surface area contributed by atoms with Gasteiger partial charge in [0.1, 0.15) is 5.75 Å². The second kappa shape index (κ2) is 5.78. The number of benzene rings is 1. The first-order valence-corrected chi connectivity index (χ1v) is 6.77. The summed E-state index contributed by atoms with van der Waals surface area (Å²) in [5.41, 5.74) is 2.48. The second-order valence-corrected chi connectivity index (χ2v) is 4.85. The molecule has 108 valence electrons. The maximum atomic E-state index is 12.1. The van der Waals surface area contributed by atoms with Crippen LogP contribution in [0, 0.1) is 6.92 Å². The first-order valence-electron chi connectivity index (χ1n) is 6.77. The average molecular weight is 284 g/mol. The van der Waals surface area contributed by atoms with Gasteiger partial charge in [0, 0.05) is 6.20 Å². The van der Waals surface area contributed by atoms with Gasteiger partial charge in [-0.05, 0) is 19.1 Å². The lowest BCUT2D eigenvalue weighted by atomic mass is 10.2. The highest BCUT2D eigenvalue weighted by atomic mass is 16.5. The smallest absolute Gasteiger partial charge is 0.263 e. The minimum Gasteiger partial charge on any atom is -0.477 e. The number of rotatable bonds is 3. The van der Waals surface area contributed by atoms with Crippen molar-refractivity contribution in [3.8, 4) is 5.75 Å². The van der Waals surface area contributed by atoms with Gasteiger partial charge in [-0.25, -0.2) is 0 Å². The molecule has 0 bridgehead atoms. The number of nitrogens with zero attached hydrogens (tertiary/aromatic N) is 2. The fraction of sp³-hybridized carbons (Fsp3) is 0.267. The van der Waals surface area contributed by atoms with Crippen LogP contribution in [-0.2, 0) is 11.3 Å². The van der Waals surface area contributed by atoms with Crippen LogP contribution in [0.25, 0.3) is 0 Å². The molecule has 1 aliphatic heterocycles. The van der Waals surface area contributed by atoms with Crippen LogP contribution in [0.2, 0.25) is 0 Å². The Morgan fingerprint density at radius 3 is 3.05 bits per heavy atom. The number of carbonyl (C=O) groups excluding carboxylic acids is 1. The maximum Gasteiger partial charge on any atom is 0.263 e. The number of aromatic nitrogens is 2. The number of hydrogen-bond donors (Lipinski definition) is 2. The van der Waals surface area contributed by atoms with E-state index in [-0.39, 0.29) is 5.91 Å². The van der Waals surface area contributed by atoms with E-state index in [4.69, 9.17) is 4.74 Å². The van der Waals surface area contributed by atoms with Crippen LogP contribution in [0.4, 0.5) is 5.69 Å². The minimum atomic E-state index is -0.543. The fourth-order valence-corrected chi connectivity index (χ4v) is 2.06. The zero-order valence-electron chi connectivity index (χ0n) is 11.7. The third-order valence-corrected chi connectivity index (χ3v) is 3.20. The van der Waals surface area contributed by atoms with Crippen molar-refractivity contribution >= 4 is 11.6 Å². The van der Waals surface area contributed by atoms with Gasteiger partial charge in [-0.15, -0.1) is 0 Å². The number of fused-ring (bicyclic) bond motifs is 1. The van der Waals surface area contributed by atoms with Gasteiger partial charge >= 0.3 is 0 Å². The Morgan fingerprint density at radius 1 is 1.38 bits per heavy atom. The SMILES string of the molecule is Cc1cnc(CNC(=O)C2CNc3ccccc3O2)cn1. The topological polar surface area (TPSA) is 76.1 Å². The molecule has 3 rings (SSSR count). The van der Waals surface area contributed by atoms with Crippen LogP contribution < -0.4 is 15.4 Å². The van der Waals surface area contributed by atoms with Crippen LogP contribution in [0.1, 0.15) is 11.4 Å². The van der Waals surface area contributed by atoms with E-state index in [0.29, 0.717) is 18.8 Å². The van der Waals surface area contributed by atoms with E-state index in [0.717, 1.165) is 17.1 Å². The number of nitrogens with one attached hydrogen (secondary N) is 2. The number of hydrogen-bond acceptors (Lipinski definition) is 5. The predicted molar refractivity (Wildman–Crippen MR) is 78.0 cm³/mol. The number of aryl methyl sites for hydroxylation is 1. The van der Waals surface area contributed by atoms with Crippen molar-refractivity contribution in [1.82, 2.24) is 15.3 Å². The molecule has 0 saturated heterocycles. The van der Waals surface area contributed by atoms with E-state index in [2.05, 4.69) is 20.6 Å². The van der Waals surface area contributed by atoms with Gasteiger partial charge in [0.25, 0.3) is 5.91 Å². The molecule has 1 unspecified atom stereocenters. The number of carbonyl (C=O) groups is 1. The lowest BCUT2D eigenvalue weighted by Gasteiger charge is -2.26. The standard InChI is InChI=1S/C15H16N4O2/c1-10-6-17-11(7-16-10)8-19-15(20)14-9-18-12-4-2-3-5-13(12)21-14/h2-7,14,18H,8-9H2,1H3,(H,19,20). The molecule has 1 aliphatic rings. The zero-order valence-corrected chi connectivity index (χ0v) is 11.7. The van der Waals surface area contributed by atoms with Gasteiger partial charge in [-0.1, -0.05) is 12.1 Å². The monoisotopic (exact) mass is 284 g/mol. The largest absolute Gasteiger partial charge is 0.477 e. The van der Waals surface area contributed by atoms with Crippen LogP contribution in [-0.4, -0.2) is 28.5 Å². The van der Waals surface area contributed by atoms with Crippen molar-refractivity contribution in [3.63, 3.8) is 0 Å². The summed E-state index contributed by atoms with van der Waals surface area (Å²) in [4.78, 5) is 20.5. The lowest BCUT2D eigenvalue weighted by Crippen LogP contribution is -2.44. The van der Waals surface area contributed by atoms with Crippen LogP contribution in [0.3, 0.4) is 0 Å².